The third-order valence-corrected chi connectivity index (χ3v) is 4.66. The minimum Gasteiger partial charge on any atom is -0.316 e. The first-order valence-corrected chi connectivity index (χ1v) is 7.99. The van der Waals surface area contributed by atoms with Crippen LogP contribution in [0.1, 0.15) is 54.4 Å². The number of likely N-dealkylation sites (N-methyl/N-ethyl adjacent to an activating group) is 1. The normalized spacial score (nSPS) is 26.4. The van der Waals surface area contributed by atoms with E-state index >= 15 is 0 Å². The van der Waals surface area contributed by atoms with Gasteiger partial charge in [0.2, 0.25) is 0 Å². The molecule has 3 heteroatoms. The fraction of sp³-hybridized carbons (Fsp3) is 0.941. The van der Waals surface area contributed by atoms with E-state index in [1.807, 2.05) is 27.8 Å². The maximum atomic E-state index is 12.5. The van der Waals surface area contributed by atoms with Crippen LogP contribution in [0.2, 0.25) is 0 Å². The SMILES string of the molecule is CN[C@H](CC1CNCCC1C(C)(C)C)C(=O)C(C)(C)C. The number of carbonyl (C=O) groups is 1. The molecule has 0 aromatic heterocycles. The summed E-state index contributed by atoms with van der Waals surface area (Å²) in [5, 5.41) is 6.76. The van der Waals surface area contributed by atoms with Gasteiger partial charge in [0.15, 0.2) is 5.78 Å². The van der Waals surface area contributed by atoms with Crippen molar-refractivity contribution in [2.75, 3.05) is 20.1 Å². The number of nitrogens with one attached hydrogen (secondary N) is 2. The largest absolute Gasteiger partial charge is 0.316 e. The third-order valence-electron chi connectivity index (χ3n) is 4.66. The molecule has 20 heavy (non-hydrogen) atoms. The van der Waals surface area contributed by atoms with Crippen LogP contribution in [0.5, 0.6) is 0 Å². The monoisotopic (exact) mass is 282 g/mol. The first-order valence-electron chi connectivity index (χ1n) is 7.99. The predicted octanol–water partition coefficient (Wildman–Crippen LogP) is 2.85. The molecule has 0 saturated carbocycles. The predicted molar refractivity (Wildman–Crippen MR) is 85.8 cm³/mol. The Morgan fingerprint density at radius 3 is 2.30 bits per heavy atom. The van der Waals surface area contributed by atoms with Crippen LogP contribution >= 0.6 is 0 Å². The Labute approximate surface area is 125 Å². The first-order chi connectivity index (χ1) is 9.07. The highest BCUT2D eigenvalue weighted by atomic mass is 16.1. The first kappa shape index (κ1) is 17.6. The maximum Gasteiger partial charge on any atom is 0.155 e. The van der Waals surface area contributed by atoms with E-state index in [0.29, 0.717) is 23.0 Å². The standard InChI is InChI=1S/C17H34N2O/c1-16(2,3)13-8-9-19-11-12(13)10-14(18-7)15(20)17(4,5)6/h12-14,18-19H,8-11H2,1-7H3/t12?,13?,14-/m1/s1. The van der Waals surface area contributed by atoms with Crippen molar-refractivity contribution in [2.45, 2.75) is 60.4 Å². The summed E-state index contributed by atoms with van der Waals surface area (Å²) in [5.41, 5.74) is 0.0445. The molecule has 3 nitrogen and oxygen atoms in total. The molecule has 1 heterocycles. The highest BCUT2D eigenvalue weighted by Gasteiger charge is 2.37. The highest BCUT2D eigenvalue weighted by Crippen LogP contribution is 2.38. The van der Waals surface area contributed by atoms with Crippen LogP contribution in [-0.4, -0.2) is 32.0 Å². The minimum absolute atomic E-state index is 0.0234. The molecule has 1 aliphatic heterocycles. The molecule has 0 radical (unpaired) electrons. The zero-order valence-corrected chi connectivity index (χ0v) is 14.5. The average molecular weight is 282 g/mol. The number of hydrogen-bond donors (Lipinski definition) is 2. The van der Waals surface area contributed by atoms with Gasteiger partial charge in [0, 0.05) is 5.41 Å². The molecular weight excluding hydrogens is 248 g/mol. The van der Waals surface area contributed by atoms with Crippen molar-refractivity contribution in [1.82, 2.24) is 10.6 Å². The zero-order chi connectivity index (χ0) is 15.6. The van der Waals surface area contributed by atoms with Crippen molar-refractivity contribution in [2.24, 2.45) is 22.7 Å². The van der Waals surface area contributed by atoms with Crippen molar-refractivity contribution in [1.29, 1.82) is 0 Å². The molecule has 0 aromatic carbocycles. The number of rotatable bonds is 4. The van der Waals surface area contributed by atoms with Gasteiger partial charge in [0.25, 0.3) is 0 Å². The van der Waals surface area contributed by atoms with E-state index in [1.165, 1.54) is 6.42 Å². The summed E-state index contributed by atoms with van der Waals surface area (Å²) in [6, 6.07) is -0.0234. The summed E-state index contributed by atoms with van der Waals surface area (Å²) >= 11 is 0. The molecule has 1 rings (SSSR count). The van der Waals surface area contributed by atoms with E-state index in [0.717, 1.165) is 19.5 Å². The van der Waals surface area contributed by atoms with Gasteiger partial charge in [-0.05, 0) is 50.2 Å². The summed E-state index contributed by atoms with van der Waals surface area (Å²) in [7, 11) is 1.91. The smallest absolute Gasteiger partial charge is 0.155 e. The Morgan fingerprint density at radius 1 is 1.25 bits per heavy atom. The second-order valence-corrected chi connectivity index (χ2v) is 8.42. The average Bonchev–Trinajstić information content (AvgIpc) is 2.33. The van der Waals surface area contributed by atoms with Gasteiger partial charge in [-0.1, -0.05) is 41.5 Å². The molecule has 1 fully saturated rings. The van der Waals surface area contributed by atoms with Gasteiger partial charge >= 0.3 is 0 Å². The number of carbonyl (C=O) groups excluding carboxylic acids is 1. The van der Waals surface area contributed by atoms with Gasteiger partial charge < -0.3 is 10.6 Å². The lowest BCUT2D eigenvalue weighted by Gasteiger charge is -2.42. The van der Waals surface area contributed by atoms with E-state index in [-0.39, 0.29) is 11.5 Å². The van der Waals surface area contributed by atoms with E-state index in [2.05, 4.69) is 31.4 Å². The van der Waals surface area contributed by atoms with E-state index in [4.69, 9.17) is 0 Å². The Bertz CT molecular complexity index is 325. The second-order valence-electron chi connectivity index (χ2n) is 8.42. The molecule has 0 amide bonds. The van der Waals surface area contributed by atoms with Crippen molar-refractivity contribution in [3.63, 3.8) is 0 Å². The van der Waals surface area contributed by atoms with Gasteiger partial charge in [0.1, 0.15) is 0 Å². The molecule has 1 aliphatic rings. The molecule has 0 aromatic rings. The van der Waals surface area contributed by atoms with Crippen LogP contribution in [0.3, 0.4) is 0 Å². The Kier molecular flexibility index (Phi) is 5.79. The van der Waals surface area contributed by atoms with E-state index < -0.39 is 0 Å². The molecule has 0 bridgehead atoms. The van der Waals surface area contributed by atoms with Crippen LogP contribution in [0.25, 0.3) is 0 Å². The summed E-state index contributed by atoms with van der Waals surface area (Å²) in [6.07, 6.45) is 2.16. The van der Waals surface area contributed by atoms with Gasteiger partial charge in [-0.15, -0.1) is 0 Å². The quantitative estimate of drug-likeness (QED) is 0.833. The lowest BCUT2D eigenvalue weighted by Crippen LogP contribution is -2.48. The number of hydrogen-bond acceptors (Lipinski definition) is 3. The fourth-order valence-corrected chi connectivity index (χ4v) is 3.49. The third kappa shape index (κ3) is 4.56. The fourth-order valence-electron chi connectivity index (χ4n) is 3.49. The van der Waals surface area contributed by atoms with E-state index in [1.54, 1.807) is 0 Å². The molecule has 0 spiro atoms. The lowest BCUT2D eigenvalue weighted by atomic mass is 9.67. The molecule has 0 aliphatic carbocycles. The van der Waals surface area contributed by atoms with Gasteiger partial charge in [-0.3, -0.25) is 4.79 Å². The molecule has 2 N–H and O–H groups in total. The highest BCUT2D eigenvalue weighted by molar-refractivity contribution is 5.88. The van der Waals surface area contributed by atoms with Gasteiger partial charge in [0.05, 0.1) is 6.04 Å². The topological polar surface area (TPSA) is 41.1 Å². The van der Waals surface area contributed by atoms with Crippen LogP contribution in [0.4, 0.5) is 0 Å². The Morgan fingerprint density at radius 2 is 1.85 bits per heavy atom. The van der Waals surface area contributed by atoms with E-state index in [9.17, 15) is 4.79 Å². The van der Waals surface area contributed by atoms with Crippen molar-refractivity contribution in [3.05, 3.63) is 0 Å². The molecular formula is C17H34N2O. The lowest BCUT2D eigenvalue weighted by molar-refractivity contribution is -0.129. The van der Waals surface area contributed by atoms with Gasteiger partial charge in [-0.2, -0.15) is 0 Å². The summed E-state index contributed by atoms with van der Waals surface area (Å²) < 4.78 is 0. The zero-order valence-electron chi connectivity index (χ0n) is 14.5. The van der Waals surface area contributed by atoms with Crippen molar-refractivity contribution < 1.29 is 4.79 Å². The van der Waals surface area contributed by atoms with Crippen LogP contribution in [0.15, 0.2) is 0 Å². The van der Waals surface area contributed by atoms with Crippen LogP contribution in [-0.2, 0) is 4.79 Å². The molecule has 1 saturated heterocycles. The van der Waals surface area contributed by atoms with Gasteiger partial charge in [-0.25, -0.2) is 0 Å². The number of Topliss-reactive ketones (excluding diaryl/α,β-unsaturated/α-hetero) is 1. The summed E-state index contributed by atoms with van der Waals surface area (Å²) in [6.45, 7) is 15.2. The molecule has 2 unspecified atom stereocenters. The summed E-state index contributed by atoms with van der Waals surface area (Å²) in [5.74, 6) is 1.60. The van der Waals surface area contributed by atoms with Crippen LogP contribution in [0, 0.1) is 22.7 Å². The maximum absolute atomic E-state index is 12.5. The van der Waals surface area contributed by atoms with Crippen molar-refractivity contribution in [3.8, 4) is 0 Å². The minimum atomic E-state index is -0.271. The van der Waals surface area contributed by atoms with Crippen molar-refractivity contribution >= 4 is 5.78 Å². The molecule has 3 atom stereocenters. The number of piperidine rings is 1. The second kappa shape index (κ2) is 6.57. The molecule has 118 valence electrons. The Hall–Kier alpha value is -0.410. The summed E-state index contributed by atoms with van der Waals surface area (Å²) in [4.78, 5) is 12.5. The Balaban J connectivity index is 2.79. The number of ketones is 1. The van der Waals surface area contributed by atoms with Crippen LogP contribution < -0.4 is 10.6 Å².